The highest BCUT2D eigenvalue weighted by Gasteiger charge is 2.16. The molecule has 1 N–H and O–H groups in total. The predicted molar refractivity (Wildman–Crippen MR) is 96.1 cm³/mol. The highest BCUT2D eigenvalue weighted by molar-refractivity contribution is 7.89. The number of benzene rings is 2. The van der Waals surface area contributed by atoms with Gasteiger partial charge in [0.2, 0.25) is 10.0 Å². The van der Waals surface area contributed by atoms with Gasteiger partial charge in [0, 0.05) is 18.5 Å². The smallest absolute Gasteiger partial charge is 0.240 e. The van der Waals surface area contributed by atoms with E-state index in [1.807, 2.05) is 37.3 Å². The van der Waals surface area contributed by atoms with Crippen molar-refractivity contribution >= 4 is 21.9 Å². The van der Waals surface area contributed by atoms with Crippen LogP contribution in [0.15, 0.2) is 65.1 Å². The SMILES string of the molecule is CCC(=O)C(=Cc1ccccc1)CNS(=O)(=O)c1ccc(C)cc1. The fourth-order valence-corrected chi connectivity index (χ4v) is 3.19. The second-order valence-corrected chi connectivity index (χ2v) is 7.26. The molecule has 0 aliphatic rings. The number of aryl methyl sites for hydroxylation is 1. The van der Waals surface area contributed by atoms with E-state index in [1.54, 1.807) is 37.3 Å². The van der Waals surface area contributed by atoms with Gasteiger partial charge >= 0.3 is 0 Å². The molecule has 5 heteroatoms. The van der Waals surface area contributed by atoms with Gasteiger partial charge < -0.3 is 0 Å². The van der Waals surface area contributed by atoms with Gasteiger partial charge in [-0.25, -0.2) is 13.1 Å². The lowest BCUT2D eigenvalue weighted by atomic mass is 10.1. The molecule has 0 spiro atoms. The van der Waals surface area contributed by atoms with Crippen molar-refractivity contribution < 1.29 is 13.2 Å². The largest absolute Gasteiger partial charge is 0.295 e. The summed E-state index contributed by atoms with van der Waals surface area (Å²) in [5.41, 5.74) is 2.29. The molecule has 0 aromatic heterocycles. The van der Waals surface area contributed by atoms with Gasteiger partial charge in [0.1, 0.15) is 0 Å². The summed E-state index contributed by atoms with van der Waals surface area (Å²) >= 11 is 0. The Balaban J connectivity index is 2.20. The lowest BCUT2D eigenvalue weighted by Gasteiger charge is -2.09. The van der Waals surface area contributed by atoms with Crippen LogP contribution in [0.5, 0.6) is 0 Å². The number of rotatable bonds is 7. The lowest BCUT2D eigenvalue weighted by molar-refractivity contribution is -0.115. The van der Waals surface area contributed by atoms with E-state index in [2.05, 4.69) is 4.72 Å². The third kappa shape index (κ3) is 4.88. The van der Waals surface area contributed by atoms with Crippen LogP contribution in [0.2, 0.25) is 0 Å². The van der Waals surface area contributed by atoms with Crippen LogP contribution in [-0.4, -0.2) is 20.7 Å². The zero-order valence-corrected chi connectivity index (χ0v) is 14.6. The van der Waals surface area contributed by atoms with Crippen molar-refractivity contribution in [2.45, 2.75) is 25.2 Å². The molecule has 4 nitrogen and oxygen atoms in total. The maximum absolute atomic E-state index is 12.4. The monoisotopic (exact) mass is 343 g/mol. The Bertz CT molecular complexity index is 823. The minimum atomic E-state index is -3.65. The summed E-state index contributed by atoms with van der Waals surface area (Å²) in [4.78, 5) is 12.3. The molecule has 2 aromatic carbocycles. The summed E-state index contributed by atoms with van der Waals surface area (Å²) < 4.78 is 27.2. The minimum Gasteiger partial charge on any atom is -0.295 e. The summed E-state index contributed by atoms with van der Waals surface area (Å²) in [5.74, 6) is -0.0783. The van der Waals surface area contributed by atoms with E-state index in [0.29, 0.717) is 12.0 Å². The van der Waals surface area contributed by atoms with E-state index in [1.165, 1.54) is 0 Å². The predicted octanol–water partition coefficient (Wildman–Crippen LogP) is 3.34. The maximum Gasteiger partial charge on any atom is 0.240 e. The molecule has 0 unspecified atom stereocenters. The zero-order chi connectivity index (χ0) is 17.6. The summed E-state index contributed by atoms with van der Waals surface area (Å²) in [5, 5.41) is 0. The van der Waals surface area contributed by atoms with Crippen molar-refractivity contribution in [1.29, 1.82) is 0 Å². The van der Waals surface area contributed by atoms with E-state index < -0.39 is 10.0 Å². The van der Waals surface area contributed by atoms with Crippen molar-refractivity contribution in [1.82, 2.24) is 4.72 Å². The van der Waals surface area contributed by atoms with Crippen LogP contribution in [0.4, 0.5) is 0 Å². The van der Waals surface area contributed by atoms with Crippen LogP contribution in [0.1, 0.15) is 24.5 Å². The molecule has 24 heavy (non-hydrogen) atoms. The number of hydrogen-bond donors (Lipinski definition) is 1. The molecule has 0 saturated carbocycles. The Kier molecular flexibility index (Phi) is 6.06. The van der Waals surface area contributed by atoms with Gasteiger partial charge in [-0.15, -0.1) is 0 Å². The first-order valence-electron chi connectivity index (χ1n) is 7.77. The number of carbonyl (C=O) groups is 1. The number of ketones is 1. The first-order chi connectivity index (χ1) is 11.4. The van der Waals surface area contributed by atoms with E-state index in [9.17, 15) is 13.2 Å². The number of carbonyl (C=O) groups excluding carboxylic acids is 1. The molecule has 0 amide bonds. The van der Waals surface area contributed by atoms with Crippen molar-refractivity contribution in [3.8, 4) is 0 Å². The summed E-state index contributed by atoms with van der Waals surface area (Å²) in [6.07, 6.45) is 2.05. The van der Waals surface area contributed by atoms with Crippen molar-refractivity contribution in [3.63, 3.8) is 0 Å². The van der Waals surface area contributed by atoms with Crippen LogP contribution in [0.25, 0.3) is 6.08 Å². The molecule has 0 fully saturated rings. The van der Waals surface area contributed by atoms with Gasteiger partial charge in [0.25, 0.3) is 0 Å². The molecule has 0 aliphatic heterocycles. The van der Waals surface area contributed by atoms with Gasteiger partial charge in [-0.05, 0) is 30.7 Å². The standard InChI is InChI=1S/C19H21NO3S/c1-3-19(21)17(13-16-7-5-4-6-8-16)14-20-24(22,23)18-11-9-15(2)10-12-18/h4-13,20H,3,14H2,1-2H3. The van der Waals surface area contributed by atoms with Gasteiger partial charge in [-0.2, -0.15) is 0 Å². The average Bonchev–Trinajstić information content (AvgIpc) is 2.59. The number of hydrogen-bond acceptors (Lipinski definition) is 3. The summed E-state index contributed by atoms with van der Waals surface area (Å²) in [7, 11) is -3.65. The van der Waals surface area contributed by atoms with Gasteiger partial charge in [-0.3, -0.25) is 4.79 Å². The third-order valence-corrected chi connectivity index (χ3v) is 5.02. The van der Waals surface area contributed by atoms with Crippen LogP contribution in [0.3, 0.4) is 0 Å². The van der Waals surface area contributed by atoms with Gasteiger partial charge in [-0.1, -0.05) is 55.0 Å². The Morgan fingerprint density at radius 1 is 1.04 bits per heavy atom. The summed E-state index contributed by atoms with van der Waals surface area (Å²) in [6, 6.07) is 16.0. The fraction of sp³-hybridized carbons (Fsp3) is 0.211. The summed E-state index contributed by atoms with van der Waals surface area (Å²) in [6.45, 7) is 3.62. The second-order valence-electron chi connectivity index (χ2n) is 5.49. The first-order valence-corrected chi connectivity index (χ1v) is 9.26. The van der Waals surface area contributed by atoms with Crippen molar-refractivity contribution in [2.24, 2.45) is 0 Å². The van der Waals surface area contributed by atoms with Crippen LogP contribution in [-0.2, 0) is 14.8 Å². The second kappa shape index (κ2) is 8.04. The third-order valence-electron chi connectivity index (χ3n) is 3.60. The Hall–Kier alpha value is -2.24. The lowest BCUT2D eigenvalue weighted by Crippen LogP contribution is -2.28. The topological polar surface area (TPSA) is 63.2 Å². The quantitative estimate of drug-likeness (QED) is 0.784. The Morgan fingerprint density at radius 3 is 2.25 bits per heavy atom. The van der Waals surface area contributed by atoms with E-state index in [0.717, 1.165) is 11.1 Å². The van der Waals surface area contributed by atoms with E-state index in [-0.39, 0.29) is 17.2 Å². The molecule has 0 atom stereocenters. The highest BCUT2D eigenvalue weighted by atomic mass is 32.2. The normalized spacial score (nSPS) is 12.2. The zero-order valence-electron chi connectivity index (χ0n) is 13.8. The molecule has 2 aromatic rings. The van der Waals surface area contributed by atoms with Crippen molar-refractivity contribution in [3.05, 3.63) is 71.3 Å². The number of nitrogens with one attached hydrogen (secondary N) is 1. The van der Waals surface area contributed by atoms with E-state index >= 15 is 0 Å². The van der Waals surface area contributed by atoms with E-state index in [4.69, 9.17) is 0 Å². The van der Waals surface area contributed by atoms with Gasteiger partial charge in [0.15, 0.2) is 5.78 Å². The van der Waals surface area contributed by atoms with Crippen LogP contribution in [0, 0.1) is 6.92 Å². The number of sulfonamides is 1. The molecule has 0 aliphatic carbocycles. The molecule has 126 valence electrons. The first kappa shape index (κ1) is 18.1. The fourth-order valence-electron chi connectivity index (χ4n) is 2.18. The Labute approximate surface area is 143 Å². The molecule has 0 radical (unpaired) electrons. The molecular formula is C19H21NO3S. The molecule has 2 rings (SSSR count). The molecular weight excluding hydrogens is 322 g/mol. The average molecular weight is 343 g/mol. The Morgan fingerprint density at radius 2 is 1.67 bits per heavy atom. The molecule has 0 bridgehead atoms. The minimum absolute atomic E-state index is 0.0300. The van der Waals surface area contributed by atoms with Crippen LogP contribution < -0.4 is 4.72 Å². The number of Topliss-reactive ketones (excluding diaryl/α,β-unsaturated/α-hetero) is 1. The molecule has 0 saturated heterocycles. The van der Waals surface area contributed by atoms with Crippen LogP contribution >= 0.6 is 0 Å². The highest BCUT2D eigenvalue weighted by Crippen LogP contribution is 2.12. The van der Waals surface area contributed by atoms with Crippen molar-refractivity contribution in [2.75, 3.05) is 6.54 Å². The maximum atomic E-state index is 12.4. The van der Waals surface area contributed by atoms with Gasteiger partial charge in [0.05, 0.1) is 4.90 Å². The molecule has 0 heterocycles.